The second-order valence-electron chi connectivity index (χ2n) is 6.37. The number of hydrogen-bond donors (Lipinski definition) is 1. The van der Waals surface area contributed by atoms with Crippen LogP contribution in [0.4, 0.5) is 5.69 Å². The number of aryl methyl sites for hydroxylation is 2. The van der Waals surface area contributed by atoms with Gasteiger partial charge >= 0.3 is 11.8 Å². The molecule has 3 rings (SSSR count). The van der Waals surface area contributed by atoms with Crippen molar-refractivity contribution in [3.05, 3.63) is 30.1 Å². The summed E-state index contributed by atoms with van der Waals surface area (Å²) < 4.78 is 3.75. The van der Waals surface area contributed by atoms with Gasteiger partial charge in [-0.05, 0) is 33.6 Å². The first-order chi connectivity index (χ1) is 12.0. The number of carbonyl (C=O) groups is 2. The Labute approximate surface area is 146 Å². The van der Waals surface area contributed by atoms with Gasteiger partial charge in [-0.15, -0.1) is 0 Å². The van der Waals surface area contributed by atoms with Gasteiger partial charge < -0.3 is 14.8 Å². The molecule has 0 radical (unpaired) electrons. The van der Waals surface area contributed by atoms with Gasteiger partial charge in [0.1, 0.15) is 0 Å². The van der Waals surface area contributed by atoms with Crippen molar-refractivity contribution in [2.45, 2.75) is 52.7 Å². The minimum atomic E-state index is -0.598. The van der Waals surface area contributed by atoms with Crippen LogP contribution in [-0.4, -0.2) is 48.6 Å². The van der Waals surface area contributed by atoms with E-state index >= 15 is 0 Å². The number of nitrogens with one attached hydrogen (secondary N) is 1. The maximum Gasteiger partial charge on any atom is 0.314 e. The molecule has 0 aromatic carbocycles. The molecule has 2 amide bonds. The van der Waals surface area contributed by atoms with E-state index in [-0.39, 0.29) is 6.04 Å². The molecule has 1 saturated heterocycles. The molecule has 8 heteroatoms. The topological polar surface area (TPSA) is 85.0 Å². The van der Waals surface area contributed by atoms with Gasteiger partial charge in [-0.25, -0.2) is 4.98 Å². The molecule has 0 spiro atoms. The standard InChI is InChI=1S/C17H24N6O2/c1-4-23-13(3)15(12(2)20-23)19-16(24)17(25)22-8-5-6-14(22)10-21-9-7-18-11-21/h7,9,11,14H,4-6,8,10H2,1-3H3,(H,19,24)/t14-/m1/s1. The molecule has 1 fully saturated rings. The van der Waals surface area contributed by atoms with Crippen LogP contribution < -0.4 is 5.32 Å². The van der Waals surface area contributed by atoms with Crippen molar-refractivity contribution < 1.29 is 9.59 Å². The summed E-state index contributed by atoms with van der Waals surface area (Å²) >= 11 is 0. The van der Waals surface area contributed by atoms with Crippen molar-refractivity contribution in [3.63, 3.8) is 0 Å². The van der Waals surface area contributed by atoms with E-state index in [2.05, 4.69) is 15.4 Å². The SMILES string of the molecule is CCn1nc(C)c(NC(=O)C(=O)N2CCC[C@@H]2Cn2ccnc2)c1C. The number of rotatable bonds is 4. The Morgan fingerprint density at radius 1 is 1.36 bits per heavy atom. The molecule has 0 saturated carbocycles. The number of aromatic nitrogens is 4. The number of hydrogen-bond acceptors (Lipinski definition) is 4. The average Bonchev–Trinajstić information content (AvgIpc) is 3.32. The van der Waals surface area contributed by atoms with Crippen LogP contribution in [0.25, 0.3) is 0 Å². The number of carbonyl (C=O) groups excluding carboxylic acids is 2. The van der Waals surface area contributed by atoms with Gasteiger partial charge in [-0.2, -0.15) is 5.10 Å². The Balaban J connectivity index is 1.69. The molecule has 3 heterocycles. The van der Waals surface area contributed by atoms with Crippen LogP contribution in [0.5, 0.6) is 0 Å². The van der Waals surface area contributed by atoms with E-state index in [0.717, 1.165) is 30.8 Å². The highest BCUT2D eigenvalue weighted by Crippen LogP contribution is 2.22. The average molecular weight is 344 g/mol. The van der Waals surface area contributed by atoms with Gasteiger partial charge in [0.15, 0.2) is 0 Å². The lowest BCUT2D eigenvalue weighted by Gasteiger charge is -2.24. The molecule has 8 nitrogen and oxygen atoms in total. The lowest BCUT2D eigenvalue weighted by molar-refractivity contribution is -0.143. The first kappa shape index (κ1) is 17.2. The molecule has 1 atom stereocenters. The number of likely N-dealkylation sites (tertiary alicyclic amines) is 1. The first-order valence-electron chi connectivity index (χ1n) is 8.63. The van der Waals surface area contributed by atoms with Crippen LogP contribution in [0.2, 0.25) is 0 Å². The van der Waals surface area contributed by atoms with Crippen LogP contribution in [0.15, 0.2) is 18.7 Å². The highest BCUT2D eigenvalue weighted by Gasteiger charge is 2.33. The molecule has 1 N–H and O–H groups in total. The minimum absolute atomic E-state index is 0.0213. The Hall–Kier alpha value is -2.64. The molecule has 2 aromatic rings. The number of anilines is 1. The van der Waals surface area contributed by atoms with Crippen LogP contribution >= 0.6 is 0 Å². The molecule has 25 heavy (non-hydrogen) atoms. The minimum Gasteiger partial charge on any atom is -0.335 e. The van der Waals surface area contributed by atoms with E-state index in [1.807, 2.05) is 36.2 Å². The van der Waals surface area contributed by atoms with Crippen molar-refractivity contribution in [2.75, 3.05) is 11.9 Å². The Kier molecular flexibility index (Phi) is 4.87. The predicted molar refractivity (Wildman–Crippen MR) is 93.0 cm³/mol. The number of imidazole rings is 1. The van der Waals surface area contributed by atoms with E-state index in [4.69, 9.17) is 0 Å². The van der Waals surface area contributed by atoms with Gasteiger partial charge in [-0.1, -0.05) is 0 Å². The summed E-state index contributed by atoms with van der Waals surface area (Å²) in [5.41, 5.74) is 2.21. The van der Waals surface area contributed by atoms with Crippen LogP contribution in [0.1, 0.15) is 31.2 Å². The van der Waals surface area contributed by atoms with Gasteiger partial charge in [0, 0.05) is 32.0 Å². The Morgan fingerprint density at radius 3 is 2.80 bits per heavy atom. The van der Waals surface area contributed by atoms with Crippen molar-refractivity contribution in [1.82, 2.24) is 24.2 Å². The predicted octanol–water partition coefficient (Wildman–Crippen LogP) is 1.35. The fourth-order valence-electron chi connectivity index (χ4n) is 3.41. The Bertz CT molecular complexity index is 764. The molecule has 134 valence electrons. The maximum absolute atomic E-state index is 12.6. The number of amides is 2. The van der Waals surface area contributed by atoms with Crippen LogP contribution in [-0.2, 0) is 22.7 Å². The summed E-state index contributed by atoms with van der Waals surface area (Å²) in [4.78, 5) is 30.8. The fraction of sp³-hybridized carbons (Fsp3) is 0.529. The summed E-state index contributed by atoms with van der Waals surface area (Å²) in [5.74, 6) is -1.08. The third-order valence-corrected chi connectivity index (χ3v) is 4.73. The molecule has 1 aliphatic heterocycles. The lowest BCUT2D eigenvalue weighted by Crippen LogP contribution is -2.44. The highest BCUT2D eigenvalue weighted by molar-refractivity contribution is 6.39. The Morgan fingerprint density at radius 2 is 2.16 bits per heavy atom. The first-order valence-corrected chi connectivity index (χ1v) is 8.63. The maximum atomic E-state index is 12.6. The smallest absolute Gasteiger partial charge is 0.314 e. The zero-order valence-corrected chi connectivity index (χ0v) is 14.9. The third kappa shape index (κ3) is 3.42. The zero-order chi connectivity index (χ0) is 18.0. The largest absolute Gasteiger partial charge is 0.335 e. The zero-order valence-electron chi connectivity index (χ0n) is 14.9. The number of nitrogens with zero attached hydrogens (tertiary/aromatic N) is 5. The summed E-state index contributed by atoms with van der Waals surface area (Å²) in [6.07, 6.45) is 7.11. The van der Waals surface area contributed by atoms with Crippen molar-refractivity contribution in [2.24, 2.45) is 0 Å². The second-order valence-corrected chi connectivity index (χ2v) is 6.37. The van der Waals surface area contributed by atoms with Crippen LogP contribution in [0.3, 0.4) is 0 Å². The van der Waals surface area contributed by atoms with E-state index in [1.165, 1.54) is 0 Å². The van der Waals surface area contributed by atoms with E-state index in [1.54, 1.807) is 17.4 Å². The lowest BCUT2D eigenvalue weighted by atomic mass is 10.2. The summed E-state index contributed by atoms with van der Waals surface area (Å²) in [6.45, 7) is 7.69. The second kappa shape index (κ2) is 7.08. The summed E-state index contributed by atoms with van der Waals surface area (Å²) in [5, 5.41) is 7.13. The molecule has 0 aliphatic carbocycles. The van der Waals surface area contributed by atoms with Crippen molar-refractivity contribution in [1.29, 1.82) is 0 Å². The van der Waals surface area contributed by atoms with E-state index < -0.39 is 11.8 Å². The van der Waals surface area contributed by atoms with Gasteiger partial charge in [-0.3, -0.25) is 14.3 Å². The normalized spacial score (nSPS) is 17.1. The molecular weight excluding hydrogens is 320 g/mol. The molecule has 1 aliphatic rings. The van der Waals surface area contributed by atoms with Crippen LogP contribution in [0, 0.1) is 13.8 Å². The monoisotopic (exact) mass is 344 g/mol. The fourth-order valence-corrected chi connectivity index (χ4v) is 3.41. The molecule has 0 unspecified atom stereocenters. The van der Waals surface area contributed by atoms with Gasteiger partial charge in [0.25, 0.3) is 0 Å². The molecule has 0 bridgehead atoms. The third-order valence-electron chi connectivity index (χ3n) is 4.73. The van der Waals surface area contributed by atoms with Crippen molar-refractivity contribution in [3.8, 4) is 0 Å². The summed E-state index contributed by atoms with van der Waals surface area (Å²) in [7, 11) is 0. The highest BCUT2D eigenvalue weighted by atomic mass is 16.2. The van der Waals surface area contributed by atoms with E-state index in [9.17, 15) is 9.59 Å². The van der Waals surface area contributed by atoms with Gasteiger partial charge in [0.2, 0.25) is 0 Å². The molecular formula is C17H24N6O2. The quantitative estimate of drug-likeness (QED) is 0.849. The van der Waals surface area contributed by atoms with E-state index in [0.29, 0.717) is 18.8 Å². The van der Waals surface area contributed by atoms with Crippen molar-refractivity contribution >= 4 is 17.5 Å². The molecule has 2 aromatic heterocycles. The summed E-state index contributed by atoms with van der Waals surface area (Å²) in [6, 6.07) is 0.0213. The van der Waals surface area contributed by atoms with Gasteiger partial charge in [0.05, 0.1) is 29.4 Å².